The summed E-state index contributed by atoms with van der Waals surface area (Å²) in [5.74, 6) is 0. The molecule has 2 aromatic heterocycles. The van der Waals surface area contributed by atoms with Crippen LogP contribution in [0.2, 0.25) is 0 Å². The molecule has 2 heterocycles. The quantitative estimate of drug-likeness (QED) is 0.640. The van der Waals surface area contributed by atoms with Crippen molar-refractivity contribution in [1.82, 2.24) is 19.7 Å². The smallest absolute Gasteiger partial charge is 0.282 e. The van der Waals surface area contributed by atoms with Gasteiger partial charge in [-0.05, 0) is 26.8 Å². The second-order valence-corrected chi connectivity index (χ2v) is 4.36. The van der Waals surface area contributed by atoms with Gasteiger partial charge in [0.25, 0.3) is 5.56 Å². The number of rotatable bonds is 0. The van der Waals surface area contributed by atoms with Gasteiger partial charge in [-0.3, -0.25) is 9.36 Å². The van der Waals surface area contributed by atoms with E-state index in [1.165, 1.54) is 6.20 Å². The van der Waals surface area contributed by atoms with E-state index in [0.29, 0.717) is 11.0 Å². The van der Waals surface area contributed by atoms with E-state index < -0.39 is 0 Å². The summed E-state index contributed by atoms with van der Waals surface area (Å²) in [6, 6.07) is 1.68. The lowest BCUT2D eigenvalue weighted by atomic mass is 10.1. The molecule has 0 saturated heterocycles. The minimum Gasteiger partial charge on any atom is -0.292 e. The summed E-state index contributed by atoms with van der Waals surface area (Å²) in [5, 5.41) is 7.50. The molecule has 78 valence electrons. The molecular weight excluding hydrogens is 192 g/mol. The van der Waals surface area contributed by atoms with Crippen LogP contribution in [0.5, 0.6) is 0 Å². The Morgan fingerprint density at radius 1 is 1.33 bits per heavy atom. The molecule has 15 heavy (non-hydrogen) atoms. The van der Waals surface area contributed by atoms with Crippen LogP contribution in [0.4, 0.5) is 0 Å². The molecular formula is C10H12N4O. The molecule has 0 N–H and O–H groups in total. The minimum absolute atomic E-state index is 0.152. The molecule has 0 radical (unpaired) electrons. The number of fused-ring (bicyclic) bond motifs is 1. The Balaban J connectivity index is 2.83. The highest BCUT2D eigenvalue weighted by Crippen LogP contribution is 2.11. The average molecular weight is 204 g/mol. The minimum atomic E-state index is -0.296. The molecule has 0 spiro atoms. The number of aromatic nitrogens is 4. The zero-order valence-electron chi connectivity index (χ0n) is 8.93. The Labute approximate surface area is 86.8 Å². The van der Waals surface area contributed by atoms with Gasteiger partial charge in [0.15, 0.2) is 5.52 Å². The van der Waals surface area contributed by atoms with Crippen LogP contribution in [0.25, 0.3) is 11.0 Å². The highest BCUT2D eigenvalue weighted by Gasteiger charge is 2.16. The van der Waals surface area contributed by atoms with Crippen LogP contribution in [0, 0.1) is 0 Å². The Kier molecular flexibility index (Phi) is 2.03. The second kappa shape index (κ2) is 3.12. The molecule has 2 aromatic rings. The number of hydrogen-bond acceptors (Lipinski definition) is 4. The van der Waals surface area contributed by atoms with Crippen molar-refractivity contribution in [2.45, 2.75) is 26.3 Å². The molecule has 0 amide bonds. The Morgan fingerprint density at radius 2 is 2.07 bits per heavy atom. The topological polar surface area (TPSA) is 60.7 Å². The standard InChI is InChI=1S/C10H12N4O/c1-10(2,3)14-6-11-7-4-5-12-13-8(7)9(14)15/h4-6H,1-3H3. The van der Waals surface area contributed by atoms with E-state index in [-0.39, 0.29) is 11.1 Å². The molecule has 0 bridgehead atoms. The van der Waals surface area contributed by atoms with Crippen molar-refractivity contribution < 1.29 is 0 Å². The van der Waals surface area contributed by atoms with Crippen LogP contribution in [0.3, 0.4) is 0 Å². The zero-order valence-corrected chi connectivity index (χ0v) is 8.93. The summed E-state index contributed by atoms with van der Waals surface area (Å²) in [4.78, 5) is 16.2. The Bertz CT molecular complexity index is 553. The second-order valence-electron chi connectivity index (χ2n) is 4.36. The number of hydrogen-bond donors (Lipinski definition) is 0. The fourth-order valence-corrected chi connectivity index (χ4v) is 1.35. The van der Waals surface area contributed by atoms with Gasteiger partial charge in [0.2, 0.25) is 0 Å². The molecule has 5 heteroatoms. The van der Waals surface area contributed by atoms with Gasteiger partial charge in [-0.25, -0.2) is 4.98 Å². The summed E-state index contributed by atoms with van der Waals surface area (Å²) in [5.41, 5.74) is 0.446. The van der Waals surface area contributed by atoms with Crippen molar-refractivity contribution in [3.05, 3.63) is 28.9 Å². The van der Waals surface area contributed by atoms with Gasteiger partial charge in [-0.2, -0.15) is 5.10 Å². The highest BCUT2D eigenvalue weighted by atomic mass is 16.1. The van der Waals surface area contributed by atoms with E-state index in [0.717, 1.165) is 0 Å². The van der Waals surface area contributed by atoms with Gasteiger partial charge >= 0.3 is 0 Å². The maximum atomic E-state index is 12.0. The molecule has 0 fully saturated rings. The van der Waals surface area contributed by atoms with E-state index in [9.17, 15) is 4.79 Å². The van der Waals surface area contributed by atoms with Crippen LogP contribution in [-0.4, -0.2) is 19.7 Å². The van der Waals surface area contributed by atoms with E-state index in [1.54, 1.807) is 17.0 Å². The zero-order chi connectivity index (χ0) is 11.1. The van der Waals surface area contributed by atoms with Crippen LogP contribution < -0.4 is 5.56 Å². The maximum Gasteiger partial charge on any atom is 0.282 e. The molecule has 0 atom stereocenters. The summed E-state index contributed by atoms with van der Waals surface area (Å²) in [7, 11) is 0. The fraction of sp³-hybridized carbons (Fsp3) is 0.400. The predicted octanol–water partition coefficient (Wildman–Crippen LogP) is 0.941. The fourth-order valence-electron chi connectivity index (χ4n) is 1.35. The lowest BCUT2D eigenvalue weighted by Crippen LogP contribution is -2.34. The summed E-state index contributed by atoms with van der Waals surface area (Å²) >= 11 is 0. The van der Waals surface area contributed by atoms with Crippen molar-refractivity contribution in [1.29, 1.82) is 0 Å². The molecule has 0 aliphatic rings. The highest BCUT2D eigenvalue weighted by molar-refractivity contribution is 5.71. The third kappa shape index (κ3) is 1.60. The van der Waals surface area contributed by atoms with Crippen LogP contribution in [0.15, 0.2) is 23.4 Å². The van der Waals surface area contributed by atoms with E-state index >= 15 is 0 Å². The summed E-state index contributed by atoms with van der Waals surface area (Å²) in [6.45, 7) is 5.83. The monoisotopic (exact) mass is 204 g/mol. The van der Waals surface area contributed by atoms with Crippen molar-refractivity contribution in [3.63, 3.8) is 0 Å². The van der Waals surface area contributed by atoms with E-state index in [1.807, 2.05) is 20.8 Å². The molecule has 0 aliphatic heterocycles. The first-order valence-electron chi connectivity index (χ1n) is 4.70. The molecule has 2 rings (SSSR count). The first-order valence-corrected chi connectivity index (χ1v) is 4.70. The molecule has 5 nitrogen and oxygen atoms in total. The van der Waals surface area contributed by atoms with Crippen molar-refractivity contribution in [3.8, 4) is 0 Å². The van der Waals surface area contributed by atoms with Gasteiger partial charge in [0, 0.05) is 5.54 Å². The average Bonchev–Trinajstić information content (AvgIpc) is 2.16. The lowest BCUT2D eigenvalue weighted by molar-refractivity contribution is 0.381. The largest absolute Gasteiger partial charge is 0.292 e. The maximum absolute atomic E-state index is 12.0. The molecule has 0 unspecified atom stereocenters. The lowest BCUT2D eigenvalue weighted by Gasteiger charge is -2.21. The van der Waals surface area contributed by atoms with Crippen molar-refractivity contribution in [2.24, 2.45) is 0 Å². The van der Waals surface area contributed by atoms with Gasteiger partial charge in [0.05, 0.1) is 18.0 Å². The molecule has 0 aliphatic carbocycles. The summed E-state index contributed by atoms with van der Waals surface area (Å²) in [6.07, 6.45) is 3.07. The van der Waals surface area contributed by atoms with Crippen LogP contribution in [-0.2, 0) is 5.54 Å². The van der Waals surface area contributed by atoms with Crippen molar-refractivity contribution in [2.75, 3.05) is 0 Å². The SMILES string of the molecule is CC(C)(C)n1cnc2ccnnc2c1=O. The van der Waals surface area contributed by atoms with Gasteiger partial charge in [-0.1, -0.05) is 0 Å². The first-order chi connectivity index (χ1) is 7.00. The summed E-state index contributed by atoms with van der Waals surface area (Å²) < 4.78 is 1.56. The van der Waals surface area contributed by atoms with Crippen LogP contribution in [0.1, 0.15) is 20.8 Å². The first kappa shape index (κ1) is 9.76. The normalized spacial score (nSPS) is 11.9. The van der Waals surface area contributed by atoms with Crippen LogP contribution >= 0.6 is 0 Å². The molecule has 0 aromatic carbocycles. The Morgan fingerprint density at radius 3 is 2.73 bits per heavy atom. The van der Waals surface area contributed by atoms with Gasteiger partial charge in [0.1, 0.15) is 0 Å². The Hall–Kier alpha value is -1.78. The van der Waals surface area contributed by atoms with Crippen molar-refractivity contribution >= 4 is 11.0 Å². The number of nitrogens with zero attached hydrogens (tertiary/aromatic N) is 4. The van der Waals surface area contributed by atoms with Gasteiger partial charge < -0.3 is 0 Å². The molecule has 0 saturated carbocycles. The third-order valence-electron chi connectivity index (χ3n) is 2.16. The third-order valence-corrected chi connectivity index (χ3v) is 2.16. The van der Waals surface area contributed by atoms with Gasteiger partial charge in [-0.15, -0.1) is 5.10 Å². The van der Waals surface area contributed by atoms with E-state index in [4.69, 9.17) is 0 Å². The predicted molar refractivity (Wildman–Crippen MR) is 56.6 cm³/mol. The van der Waals surface area contributed by atoms with E-state index in [2.05, 4.69) is 15.2 Å².